The van der Waals surface area contributed by atoms with Crippen LogP contribution in [0, 0.1) is 18.7 Å². The summed E-state index contributed by atoms with van der Waals surface area (Å²) in [6.45, 7) is 2.17. The maximum Gasteiger partial charge on any atom is 0.322 e. The van der Waals surface area contributed by atoms with E-state index in [1.54, 1.807) is 17.8 Å². The van der Waals surface area contributed by atoms with Crippen molar-refractivity contribution in [2.75, 3.05) is 18.4 Å². The number of aromatic nitrogens is 4. The largest absolute Gasteiger partial charge is 0.401 e. The molecule has 1 fully saturated rings. The molecule has 1 aliphatic heterocycles. The van der Waals surface area contributed by atoms with Gasteiger partial charge in [-0.05, 0) is 50.1 Å². The molecule has 31 heavy (non-hydrogen) atoms. The number of nitrogens with one attached hydrogen (secondary N) is 1. The Morgan fingerprint density at radius 2 is 2.00 bits per heavy atom. The van der Waals surface area contributed by atoms with E-state index in [0.29, 0.717) is 18.5 Å². The van der Waals surface area contributed by atoms with E-state index >= 15 is 0 Å². The number of piperidine rings is 1. The second kappa shape index (κ2) is 8.19. The van der Waals surface area contributed by atoms with E-state index in [9.17, 15) is 17.6 Å². The van der Waals surface area contributed by atoms with E-state index < -0.39 is 27.7 Å². The zero-order valence-electron chi connectivity index (χ0n) is 16.9. The van der Waals surface area contributed by atoms with Gasteiger partial charge in [-0.25, -0.2) is 12.8 Å². The first-order chi connectivity index (χ1) is 14.7. The third kappa shape index (κ3) is 4.35. The van der Waals surface area contributed by atoms with Crippen molar-refractivity contribution in [1.29, 1.82) is 0 Å². The Morgan fingerprint density at radius 3 is 2.68 bits per heavy atom. The fourth-order valence-corrected chi connectivity index (χ4v) is 4.90. The van der Waals surface area contributed by atoms with E-state index in [1.165, 1.54) is 16.4 Å². The average Bonchev–Trinajstić information content (AvgIpc) is 3.35. The second-order valence-corrected chi connectivity index (χ2v) is 9.29. The summed E-state index contributed by atoms with van der Waals surface area (Å²) < 4.78 is 47.2. The van der Waals surface area contributed by atoms with Gasteiger partial charge in [-0.1, -0.05) is 5.10 Å². The van der Waals surface area contributed by atoms with Crippen LogP contribution in [0.15, 0.2) is 39.6 Å². The first kappa shape index (κ1) is 21.1. The van der Waals surface area contributed by atoms with Gasteiger partial charge in [0.15, 0.2) is 0 Å². The molecule has 3 heterocycles. The first-order valence-electron chi connectivity index (χ1n) is 9.65. The monoisotopic (exact) mass is 448 g/mol. The van der Waals surface area contributed by atoms with E-state index in [2.05, 4.69) is 20.6 Å². The molecule has 4 rings (SSSR count). The number of hydrogen-bond donors (Lipinski definition) is 1. The number of hydrogen-bond acceptors (Lipinski definition) is 7. The first-order valence-corrected chi connectivity index (χ1v) is 11.1. The van der Waals surface area contributed by atoms with E-state index in [4.69, 9.17) is 4.42 Å². The summed E-state index contributed by atoms with van der Waals surface area (Å²) in [7, 11) is -2.04. The van der Waals surface area contributed by atoms with Crippen LogP contribution in [0.5, 0.6) is 0 Å². The van der Waals surface area contributed by atoms with Crippen molar-refractivity contribution in [3.05, 3.63) is 41.8 Å². The van der Waals surface area contributed by atoms with Crippen LogP contribution in [0.3, 0.4) is 0 Å². The third-order valence-electron chi connectivity index (χ3n) is 5.19. The molecule has 2 aromatic heterocycles. The van der Waals surface area contributed by atoms with Crippen molar-refractivity contribution in [2.24, 2.45) is 13.0 Å². The van der Waals surface area contributed by atoms with Gasteiger partial charge in [0.05, 0.1) is 10.8 Å². The molecule has 12 heteroatoms. The van der Waals surface area contributed by atoms with Gasteiger partial charge in [0.2, 0.25) is 15.9 Å². The number of sulfonamides is 1. The van der Waals surface area contributed by atoms with Gasteiger partial charge in [0.1, 0.15) is 11.5 Å². The average molecular weight is 448 g/mol. The summed E-state index contributed by atoms with van der Waals surface area (Å²) in [5.74, 6) is -1.35. The summed E-state index contributed by atoms with van der Waals surface area (Å²) in [5.41, 5.74) is 1.39. The molecule has 0 unspecified atom stereocenters. The summed E-state index contributed by atoms with van der Waals surface area (Å²) >= 11 is 0. The topological polar surface area (TPSA) is 123 Å². The Balaban J connectivity index is 1.44. The van der Waals surface area contributed by atoms with Gasteiger partial charge >= 0.3 is 6.01 Å². The van der Waals surface area contributed by atoms with Crippen LogP contribution in [0.4, 0.5) is 10.4 Å². The molecule has 0 saturated carbocycles. The molecule has 164 valence electrons. The lowest BCUT2D eigenvalue weighted by Crippen LogP contribution is -2.43. The summed E-state index contributed by atoms with van der Waals surface area (Å²) in [6.07, 6.45) is 1.03. The summed E-state index contributed by atoms with van der Waals surface area (Å²) in [4.78, 5) is 12.7. The molecule has 1 aliphatic rings. The number of nitrogens with zero attached hydrogens (tertiary/aromatic N) is 5. The molecule has 0 aliphatic carbocycles. The Morgan fingerprint density at radius 1 is 1.26 bits per heavy atom. The fourth-order valence-electron chi connectivity index (χ4n) is 3.38. The Hall–Kier alpha value is -3.12. The van der Waals surface area contributed by atoms with E-state index in [1.807, 2.05) is 6.92 Å². The van der Waals surface area contributed by atoms with Crippen molar-refractivity contribution < 1.29 is 22.0 Å². The quantitative estimate of drug-likeness (QED) is 0.633. The molecule has 1 aromatic carbocycles. The Kier molecular flexibility index (Phi) is 5.58. The van der Waals surface area contributed by atoms with Crippen molar-refractivity contribution in [3.8, 4) is 11.6 Å². The second-order valence-electron chi connectivity index (χ2n) is 7.35. The zero-order valence-corrected chi connectivity index (χ0v) is 17.8. The van der Waals surface area contributed by atoms with Crippen LogP contribution in [0.1, 0.15) is 18.5 Å². The van der Waals surface area contributed by atoms with Crippen LogP contribution in [0.2, 0.25) is 0 Å². The standard InChI is InChI=1S/C19H21FN6O4S/c1-12-10-16(24-25(12)2)18-22-23-19(30-18)21-17(27)13-4-3-9-26(11-13)31(28,29)15-7-5-14(20)6-8-15/h5-8,10,13H,3-4,9,11H2,1-2H3,(H,21,23,27)/t13-/m1/s1. The van der Waals surface area contributed by atoms with E-state index in [0.717, 1.165) is 17.8 Å². The van der Waals surface area contributed by atoms with Crippen molar-refractivity contribution in [2.45, 2.75) is 24.7 Å². The van der Waals surface area contributed by atoms with Crippen LogP contribution in [0.25, 0.3) is 11.6 Å². The molecule has 0 radical (unpaired) electrons. The Labute approximate surface area is 178 Å². The van der Waals surface area contributed by atoms with Crippen LogP contribution in [-0.4, -0.2) is 51.7 Å². The molecule has 1 N–H and O–H groups in total. The number of amides is 1. The molecular weight excluding hydrogens is 427 g/mol. The predicted octanol–water partition coefficient (Wildman–Crippen LogP) is 1.96. The van der Waals surface area contributed by atoms with Gasteiger partial charge in [0.25, 0.3) is 5.89 Å². The lowest BCUT2D eigenvalue weighted by atomic mass is 9.99. The molecule has 0 spiro atoms. The predicted molar refractivity (Wildman–Crippen MR) is 108 cm³/mol. The van der Waals surface area contributed by atoms with Gasteiger partial charge in [-0.15, -0.1) is 5.10 Å². The van der Waals surface area contributed by atoms with Gasteiger partial charge in [0, 0.05) is 25.8 Å². The summed E-state index contributed by atoms with van der Waals surface area (Å²) in [5, 5.41) is 14.5. The van der Waals surface area contributed by atoms with Crippen molar-refractivity contribution in [3.63, 3.8) is 0 Å². The zero-order chi connectivity index (χ0) is 22.2. The lowest BCUT2D eigenvalue weighted by Gasteiger charge is -2.30. The minimum atomic E-state index is -3.83. The number of anilines is 1. The third-order valence-corrected chi connectivity index (χ3v) is 7.07. The van der Waals surface area contributed by atoms with Crippen molar-refractivity contribution in [1.82, 2.24) is 24.3 Å². The number of halogens is 1. The highest BCUT2D eigenvalue weighted by Crippen LogP contribution is 2.25. The maximum atomic E-state index is 13.1. The molecule has 0 bridgehead atoms. The van der Waals surface area contributed by atoms with Gasteiger partial charge in [-0.3, -0.25) is 14.8 Å². The maximum absolute atomic E-state index is 13.1. The normalized spacial score (nSPS) is 17.6. The molecule has 3 aromatic rings. The smallest absolute Gasteiger partial charge is 0.322 e. The molecule has 1 saturated heterocycles. The van der Waals surface area contributed by atoms with Crippen LogP contribution in [-0.2, 0) is 21.9 Å². The minimum Gasteiger partial charge on any atom is -0.401 e. The highest BCUT2D eigenvalue weighted by Gasteiger charge is 2.34. The summed E-state index contributed by atoms with van der Waals surface area (Å²) in [6, 6.07) is 6.32. The highest BCUT2D eigenvalue weighted by molar-refractivity contribution is 7.89. The Bertz CT molecular complexity index is 1180. The number of rotatable bonds is 5. The van der Waals surface area contributed by atoms with E-state index in [-0.39, 0.29) is 29.9 Å². The lowest BCUT2D eigenvalue weighted by molar-refractivity contribution is -0.121. The fraction of sp³-hybridized carbons (Fsp3) is 0.368. The number of carbonyl (C=O) groups is 1. The van der Waals surface area contributed by atoms with Crippen molar-refractivity contribution >= 4 is 21.9 Å². The number of aryl methyl sites for hydroxylation is 2. The molecule has 1 atom stereocenters. The number of benzene rings is 1. The van der Waals surface area contributed by atoms with Gasteiger partial charge in [-0.2, -0.15) is 9.40 Å². The van der Waals surface area contributed by atoms with Crippen LogP contribution >= 0.6 is 0 Å². The SMILES string of the molecule is Cc1cc(-c2nnc(NC(=O)[C@@H]3CCCN(S(=O)(=O)c4ccc(F)cc4)C3)o2)nn1C. The number of carbonyl (C=O) groups excluding carboxylic acids is 1. The van der Waals surface area contributed by atoms with Crippen LogP contribution < -0.4 is 5.32 Å². The molecule has 10 nitrogen and oxygen atoms in total. The molecular formula is C19H21FN6O4S. The minimum absolute atomic E-state index is 0.00593. The highest BCUT2D eigenvalue weighted by atomic mass is 32.2. The van der Waals surface area contributed by atoms with Gasteiger partial charge < -0.3 is 4.42 Å². The molecule has 1 amide bonds.